The fourth-order valence-electron chi connectivity index (χ4n) is 4.31. The molecule has 1 saturated heterocycles. The Morgan fingerprint density at radius 3 is 2.38 bits per heavy atom. The summed E-state index contributed by atoms with van der Waals surface area (Å²) in [5, 5.41) is 11.7. The summed E-state index contributed by atoms with van der Waals surface area (Å²) in [6.45, 7) is 2.38. The minimum atomic E-state index is -0.913. The number of carbonyl (C=O) groups excluding carboxylic acids is 2. The third-order valence-corrected chi connectivity index (χ3v) is 7.10. The number of fused-ring (bicyclic) bond motifs is 1. The average Bonchev–Trinajstić information content (AvgIpc) is 3.46. The molecule has 1 amide bonds. The van der Waals surface area contributed by atoms with E-state index in [0.717, 1.165) is 4.70 Å². The number of benzene rings is 3. The molecule has 1 atom stereocenters. The highest BCUT2D eigenvalue weighted by Crippen LogP contribution is 2.45. The van der Waals surface area contributed by atoms with Gasteiger partial charge in [0.25, 0.3) is 5.78 Å². The van der Waals surface area contributed by atoms with Crippen LogP contribution in [0.4, 0.5) is 5.13 Å². The number of hydrogen-bond acceptors (Lipinski definition) is 8. The Hall–Kier alpha value is -4.37. The lowest BCUT2D eigenvalue weighted by atomic mass is 9.95. The number of methoxy groups -OCH3 is 2. The summed E-state index contributed by atoms with van der Waals surface area (Å²) in [6.07, 6.45) is 0. The molecule has 188 valence electrons. The number of Topliss-reactive ketones (excluding diaryl/α,β-unsaturated/α-hetero) is 1. The maximum absolute atomic E-state index is 13.5. The number of anilines is 1. The second-order valence-corrected chi connectivity index (χ2v) is 9.24. The number of nitrogens with zero attached hydrogens (tertiary/aromatic N) is 2. The first-order valence-electron chi connectivity index (χ1n) is 11.6. The molecule has 1 fully saturated rings. The first-order valence-corrected chi connectivity index (χ1v) is 12.4. The largest absolute Gasteiger partial charge is 0.507 e. The quantitative estimate of drug-likeness (QED) is 0.201. The lowest BCUT2D eigenvalue weighted by Crippen LogP contribution is -2.29. The maximum Gasteiger partial charge on any atom is 0.301 e. The smallest absolute Gasteiger partial charge is 0.301 e. The number of aliphatic hydroxyl groups excluding tert-OH is 1. The molecule has 0 spiro atoms. The number of rotatable bonds is 7. The standard InChI is InChI=1S/C28H24N2O6S/c1-4-36-18-10-8-16(9-11-18)25(31)23-24(17-6-5-7-19(14-17)34-2)30(27(33)26(23)32)28-29-21-13-12-20(35-3)15-22(21)37-28/h5-15,24,31H,4H2,1-3H3/t24-/m0/s1. The predicted octanol–water partition coefficient (Wildman–Crippen LogP) is 5.34. The lowest BCUT2D eigenvalue weighted by Gasteiger charge is -2.23. The molecule has 3 aromatic carbocycles. The zero-order valence-corrected chi connectivity index (χ0v) is 21.2. The average molecular weight is 517 g/mol. The molecule has 0 aliphatic carbocycles. The van der Waals surface area contributed by atoms with Gasteiger partial charge in [-0.2, -0.15) is 0 Å². The summed E-state index contributed by atoms with van der Waals surface area (Å²) in [4.78, 5) is 32.8. The summed E-state index contributed by atoms with van der Waals surface area (Å²) in [6, 6.07) is 18.3. The van der Waals surface area contributed by atoms with Crippen molar-refractivity contribution < 1.29 is 28.9 Å². The van der Waals surface area contributed by atoms with Crippen LogP contribution in [0.25, 0.3) is 16.0 Å². The van der Waals surface area contributed by atoms with E-state index in [4.69, 9.17) is 14.2 Å². The van der Waals surface area contributed by atoms with Gasteiger partial charge in [0.15, 0.2) is 5.13 Å². The Labute approximate surface area is 217 Å². The van der Waals surface area contributed by atoms with Crippen molar-refractivity contribution in [2.24, 2.45) is 0 Å². The van der Waals surface area contributed by atoms with Crippen LogP contribution in [0.2, 0.25) is 0 Å². The molecule has 8 nitrogen and oxygen atoms in total. The van der Waals surface area contributed by atoms with E-state index >= 15 is 0 Å². The molecule has 37 heavy (non-hydrogen) atoms. The summed E-state index contributed by atoms with van der Waals surface area (Å²) in [5.41, 5.74) is 1.63. The van der Waals surface area contributed by atoms with E-state index in [2.05, 4.69) is 4.98 Å². The Morgan fingerprint density at radius 2 is 1.68 bits per heavy atom. The number of carbonyl (C=O) groups is 2. The van der Waals surface area contributed by atoms with Crippen LogP contribution in [0, 0.1) is 0 Å². The van der Waals surface area contributed by atoms with Crippen LogP contribution >= 0.6 is 11.3 Å². The fraction of sp³-hybridized carbons (Fsp3) is 0.179. The highest BCUT2D eigenvalue weighted by atomic mass is 32.1. The molecule has 0 saturated carbocycles. The van der Waals surface area contributed by atoms with Crippen molar-refractivity contribution in [3.63, 3.8) is 0 Å². The Morgan fingerprint density at radius 1 is 0.973 bits per heavy atom. The van der Waals surface area contributed by atoms with Crippen LogP contribution in [0.5, 0.6) is 17.2 Å². The number of thiazole rings is 1. The van der Waals surface area contributed by atoms with Gasteiger partial charge in [0.1, 0.15) is 23.0 Å². The molecule has 0 radical (unpaired) electrons. The highest BCUT2D eigenvalue weighted by molar-refractivity contribution is 7.22. The van der Waals surface area contributed by atoms with Gasteiger partial charge in [-0.05, 0) is 67.1 Å². The molecule has 0 unspecified atom stereocenters. The van der Waals surface area contributed by atoms with Gasteiger partial charge in [-0.3, -0.25) is 14.5 Å². The summed E-state index contributed by atoms with van der Waals surface area (Å²) < 4.78 is 17.0. The second kappa shape index (κ2) is 9.94. The van der Waals surface area contributed by atoms with Gasteiger partial charge in [0, 0.05) is 5.56 Å². The van der Waals surface area contributed by atoms with Crippen molar-refractivity contribution in [2.45, 2.75) is 13.0 Å². The van der Waals surface area contributed by atoms with E-state index < -0.39 is 17.7 Å². The third-order valence-electron chi connectivity index (χ3n) is 6.08. The zero-order valence-electron chi connectivity index (χ0n) is 20.4. The number of ether oxygens (including phenoxy) is 3. The SMILES string of the molecule is CCOc1ccc(C(O)=C2C(=O)C(=O)N(c3nc4ccc(OC)cc4s3)[C@H]2c2cccc(OC)c2)cc1. The van der Waals surface area contributed by atoms with Crippen LogP contribution in [0.15, 0.2) is 72.3 Å². The van der Waals surface area contributed by atoms with Gasteiger partial charge in [-0.1, -0.05) is 23.5 Å². The van der Waals surface area contributed by atoms with Gasteiger partial charge in [0.2, 0.25) is 0 Å². The van der Waals surface area contributed by atoms with E-state index in [1.165, 1.54) is 23.3 Å². The van der Waals surface area contributed by atoms with Gasteiger partial charge >= 0.3 is 5.91 Å². The number of aromatic nitrogens is 1. The Bertz CT molecular complexity index is 1530. The minimum absolute atomic E-state index is 0.0285. The minimum Gasteiger partial charge on any atom is -0.507 e. The Kier molecular flexibility index (Phi) is 6.54. The molecule has 1 N–H and O–H groups in total. The molecule has 0 bridgehead atoms. The molecule has 4 aromatic rings. The first-order chi connectivity index (χ1) is 17.9. The van der Waals surface area contributed by atoms with Crippen molar-refractivity contribution in [1.82, 2.24) is 4.98 Å². The molecule has 1 aromatic heterocycles. The molecule has 2 heterocycles. The van der Waals surface area contributed by atoms with Gasteiger partial charge in [-0.25, -0.2) is 4.98 Å². The molecular formula is C28H24N2O6S. The van der Waals surface area contributed by atoms with Crippen LogP contribution in [-0.2, 0) is 9.59 Å². The van der Waals surface area contributed by atoms with E-state index in [9.17, 15) is 14.7 Å². The van der Waals surface area contributed by atoms with E-state index in [-0.39, 0.29) is 11.3 Å². The number of hydrogen-bond donors (Lipinski definition) is 1. The van der Waals surface area contributed by atoms with Gasteiger partial charge < -0.3 is 19.3 Å². The summed E-state index contributed by atoms with van der Waals surface area (Å²) in [5.74, 6) is -0.00147. The Balaban J connectivity index is 1.68. The van der Waals surface area contributed by atoms with Gasteiger partial charge in [-0.15, -0.1) is 0 Å². The first kappa shape index (κ1) is 24.3. The summed E-state index contributed by atoms with van der Waals surface area (Å²) in [7, 11) is 3.11. The van der Waals surface area contributed by atoms with E-state index in [1.807, 2.05) is 13.0 Å². The zero-order chi connectivity index (χ0) is 26.1. The molecule has 9 heteroatoms. The van der Waals surface area contributed by atoms with Crippen LogP contribution in [-0.4, -0.2) is 42.6 Å². The summed E-state index contributed by atoms with van der Waals surface area (Å²) >= 11 is 1.26. The highest BCUT2D eigenvalue weighted by Gasteiger charge is 2.48. The predicted molar refractivity (Wildman–Crippen MR) is 142 cm³/mol. The van der Waals surface area contributed by atoms with Gasteiger partial charge in [0.05, 0.1) is 42.7 Å². The topological polar surface area (TPSA) is 98.2 Å². The number of aliphatic hydroxyl groups is 1. The lowest BCUT2D eigenvalue weighted by molar-refractivity contribution is -0.132. The normalized spacial score (nSPS) is 16.8. The second-order valence-electron chi connectivity index (χ2n) is 8.23. The molecular weight excluding hydrogens is 492 g/mol. The number of ketones is 1. The number of amides is 1. The van der Waals surface area contributed by atoms with Crippen LogP contribution in [0.3, 0.4) is 0 Å². The van der Waals surface area contributed by atoms with Crippen molar-refractivity contribution in [1.29, 1.82) is 0 Å². The van der Waals surface area contributed by atoms with E-state index in [1.54, 1.807) is 67.8 Å². The molecule has 1 aliphatic heterocycles. The molecule has 5 rings (SSSR count). The van der Waals surface area contributed by atoms with Crippen LogP contribution < -0.4 is 19.1 Å². The monoisotopic (exact) mass is 516 g/mol. The third kappa shape index (κ3) is 4.38. The van der Waals surface area contributed by atoms with Crippen molar-refractivity contribution in [3.05, 3.63) is 83.4 Å². The molecule has 1 aliphatic rings. The fourth-order valence-corrected chi connectivity index (χ4v) is 5.33. The van der Waals surface area contributed by atoms with Crippen molar-refractivity contribution in [2.75, 3.05) is 25.7 Å². The van der Waals surface area contributed by atoms with Crippen molar-refractivity contribution >= 4 is 44.1 Å². The maximum atomic E-state index is 13.5. The van der Waals surface area contributed by atoms with Crippen LogP contribution in [0.1, 0.15) is 24.1 Å². The van der Waals surface area contributed by atoms with E-state index in [0.29, 0.717) is 45.6 Å². The van der Waals surface area contributed by atoms with Crippen molar-refractivity contribution in [3.8, 4) is 17.2 Å².